The van der Waals surface area contributed by atoms with Gasteiger partial charge in [-0.15, -0.1) is 0 Å². The second-order valence-electron chi connectivity index (χ2n) is 6.38. The second-order valence-corrected chi connectivity index (χ2v) is 6.76. The summed E-state index contributed by atoms with van der Waals surface area (Å²) in [6.07, 6.45) is -0.299. The van der Waals surface area contributed by atoms with Crippen molar-refractivity contribution >= 4 is 46.1 Å². The first kappa shape index (κ1) is 22.9. The summed E-state index contributed by atoms with van der Waals surface area (Å²) in [5, 5.41) is 8.25. The maximum absolute atomic E-state index is 14.9. The van der Waals surface area contributed by atoms with Crippen molar-refractivity contribution in [3.63, 3.8) is 0 Å². The highest BCUT2D eigenvalue weighted by Crippen LogP contribution is 2.36. The largest absolute Gasteiger partial charge is 0.477 e. The number of amides is 1. The zero-order valence-corrected chi connectivity index (χ0v) is 17.2. The van der Waals surface area contributed by atoms with Crippen molar-refractivity contribution in [3.8, 4) is 5.82 Å². The van der Waals surface area contributed by atoms with Crippen LogP contribution in [0, 0.1) is 17.5 Å². The molecule has 3 aromatic rings. The summed E-state index contributed by atoms with van der Waals surface area (Å²) in [6, 6.07) is 1.04. The number of nitrogen functional groups attached to an aromatic ring is 1. The van der Waals surface area contributed by atoms with Crippen LogP contribution in [-0.2, 0) is 4.74 Å². The Bertz CT molecular complexity index is 1350. The molecule has 3 N–H and O–H groups in total. The van der Waals surface area contributed by atoms with Gasteiger partial charge in [-0.25, -0.2) is 27.7 Å². The Hall–Kier alpha value is -3.80. The van der Waals surface area contributed by atoms with E-state index in [0.717, 1.165) is 11.6 Å². The molecule has 0 aliphatic heterocycles. The fourth-order valence-corrected chi connectivity index (χ4v) is 3.39. The molecule has 1 aromatic carbocycles. The summed E-state index contributed by atoms with van der Waals surface area (Å²) in [7, 11) is 1.14. The van der Waals surface area contributed by atoms with Crippen molar-refractivity contribution in [1.29, 1.82) is 0 Å². The molecule has 3 rings (SSSR count). The molecule has 0 fully saturated rings. The number of carbonyl (C=O) groups excluding carboxylic acids is 1. The van der Waals surface area contributed by atoms with Crippen molar-refractivity contribution in [2.24, 2.45) is 0 Å². The smallest absolute Gasteiger partial charge is 0.414 e. The molecule has 0 saturated heterocycles. The molecule has 0 saturated carbocycles. The molecule has 0 aliphatic rings. The van der Waals surface area contributed by atoms with Crippen LogP contribution in [0.4, 0.5) is 29.5 Å². The molecule has 0 spiro atoms. The molecule has 9 nitrogen and oxygen atoms in total. The maximum Gasteiger partial charge on any atom is 0.414 e. The Balaban J connectivity index is 2.51. The van der Waals surface area contributed by atoms with Crippen LogP contribution in [0.15, 0.2) is 23.1 Å². The third-order valence-electron chi connectivity index (χ3n) is 4.43. The number of benzene rings is 1. The van der Waals surface area contributed by atoms with Gasteiger partial charge < -0.3 is 15.6 Å². The molecule has 2 aromatic heterocycles. The maximum atomic E-state index is 14.9. The second kappa shape index (κ2) is 8.38. The third-order valence-corrected chi connectivity index (χ3v) is 4.79. The normalized spacial score (nSPS) is 10.9. The number of aromatic carboxylic acids is 1. The van der Waals surface area contributed by atoms with E-state index in [1.165, 1.54) is 6.92 Å². The SMILES string of the molecule is CCOC(=O)N(C)c1c(F)cc2c(=O)c(C(=O)O)cn(-c3nc(N)c(F)cc3F)c2c1Cl. The van der Waals surface area contributed by atoms with E-state index < -0.39 is 73.8 Å². The molecule has 0 bridgehead atoms. The summed E-state index contributed by atoms with van der Waals surface area (Å²) >= 11 is 6.32. The minimum absolute atomic E-state index is 0.0351. The molecule has 2 heterocycles. The van der Waals surface area contributed by atoms with Crippen LogP contribution in [0.3, 0.4) is 0 Å². The standard InChI is InChI=1S/C19H14ClF3N4O5/c1-3-32-19(31)26(2)14-9(21)4-7-13(12(14)20)27(6-8(15(7)28)18(29)30)17-11(23)5-10(22)16(24)25-17/h4-6H,3H2,1-2H3,(H2,24,25)(H,29,30). The van der Waals surface area contributed by atoms with Crippen molar-refractivity contribution < 1.29 is 32.6 Å². The molecule has 32 heavy (non-hydrogen) atoms. The number of anilines is 2. The van der Waals surface area contributed by atoms with Gasteiger partial charge in [0, 0.05) is 19.3 Å². The molecule has 0 radical (unpaired) electrons. The Labute approximate surface area is 182 Å². The number of rotatable bonds is 4. The van der Waals surface area contributed by atoms with E-state index in [0.29, 0.717) is 23.2 Å². The van der Waals surface area contributed by atoms with Crippen LogP contribution < -0.4 is 16.1 Å². The van der Waals surface area contributed by atoms with E-state index in [4.69, 9.17) is 22.1 Å². The predicted octanol–water partition coefficient (Wildman–Crippen LogP) is 3.33. The average molecular weight is 471 g/mol. The number of fused-ring (bicyclic) bond motifs is 1. The van der Waals surface area contributed by atoms with Gasteiger partial charge in [-0.05, 0) is 13.0 Å². The number of hydrogen-bond acceptors (Lipinski definition) is 6. The Morgan fingerprint density at radius 2 is 1.91 bits per heavy atom. The number of ether oxygens (including phenoxy) is 1. The fourth-order valence-electron chi connectivity index (χ4n) is 2.98. The van der Waals surface area contributed by atoms with Crippen molar-refractivity contribution in [2.45, 2.75) is 6.92 Å². The van der Waals surface area contributed by atoms with Gasteiger partial charge in [0.2, 0.25) is 5.43 Å². The Kier molecular flexibility index (Phi) is 5.99. The molecule has 0 unspecified atom stereocenters. The third kappa shape index (κ3) is 3.68. The molecule has 168 valence electrons. The summed E-state index contributed by atoms with van der Waals surface area (Å²) in [5.41, 5.74) is 2.47. The highest BCUT2D eigenvalue weighted by Gasteiger charge is 2.27. The lowest BCUT2D eigenvalue weighted by Crippen LogP contribution is -2.29. The molecule has 0 atom stereocenters. The fraction of sp³-hybridized carbons (Fsp3) is 0.158. The van der Waals surface area contributed by atoms with E-state index in [1.54, 1.807) is 0 Å². The minimum Gasteiger partial charge on any atom is -0.477 e. The lowest BCUT2D eigenvalue weighted by atomic mass is 10.1. The van der Waals surface area contributed by atoms with E-state index in [-0.39, 0.29) is 6.61 Å². The number of nitrogens with two attached hydrogens (primary N) is 1. The van der Waals surface area contributed by atoms with Crippen LogP contribution >= 0.6 is 11.6 Å². The first-order valence-corrected chi connectivity index (χ1v) is 9.20. The number of aromatic nitrogens is 2. The Morgan fingerprint density at radius 1 is 1.25 bits per heavy atom. The van der Waals surface area contributed by atoms with Crippen LogP contribution in [0.25, 0.3) is 16.7 Å². The summed E-state index contributed by atoms with van der Waals surface area (Å²) in [6.45, 7) is 1.48. The number of hydrogen-bond donors (Lipinski definition) is 2. The number of carboxylic acids is 1. The van der Waals surface area contributed by atoms with Crippen molar-refractivity contribution in [2.75, 3.05) is 24.3 Å². The van der Waals surface area contributed by atoms with Gasteiger partial charge in [-0.1, -0.05) is 11.6 Å². The van der Waals surface area contributed by atoms with Crippen LogP contribution in [0.1, 0.15) is 17.3 Å². The number of pyridine rings is 2. The van der Waals surface area contributed by atoms with Gasteiger partial charge in [0.1, 0.15) is 17.1 Å². The average Bonchev–Trinajstić information content (AvgIpc) is 2.71. The monoisotopic (exact) mass is 470 g/mol. The van der Waals surface area contributed by atoms with E-state index in [9.17, 15) is 32.7 Å². The lowest BCUT2D eigenvalue weighted by Gasteiger charge is -2.21. The van der Waals surface area contributed by atoms with Crippen LogP contribution in [0.2, 0.25) is 5.02 Å². The van der Waals surface area contributed by atoms with E-state index in [1.807, 2.05) is 0 Å². The molecular weight excluding hydrogens is 457 g/mol. The zero-order chi connectivity index (χ0) is 23.9. The zero-order valence-electron chi connectivity index (χ0n) is 16.5. The predicted molar refractivity (Wildman–Crippen MR) is 109 cm³/mol. The van der Waals surface area contributed by atoms with Crippen molar-refractivity contribution in [1.82, 2.24) is 9.55 Å². The first-order chi connectivity index (χ1) is 15.0. The van der Waals surface area contributed by atoms with Gasteiger partial charge in [-0.3, -0.25) is 14.3 Å². The minimum atomic E-state index is -1.70. The Morgan fingerprint density at radius 3 is 2.50 bits per heavy atom. The first-order valence-electron chi connectivity index (χ1n) is 8.82. The van der Waals surface area contributed by atoms with Gasteiger partial charge in [-0.2, -0.15) is 0 Å². The summed E-state index contributed by atoms with van der Waals surface area (Å²) in [5.74, 6) is -6.77. The summed E-state index contributed by atoms with van der Waals surface area (Å²) in [4.78, 5) is 40.6. The molecule has 1 amide bonds. The van der Waals surface area contributed by atoms with Gasteiger partial charge in [0.05, 0.1) is 22.5 Å². The van der Waals surface area contributed by atoms with Crippen LogP contribution in [0.5, 0.6) is 0 Å². The quantitative estimate of drug-likeness (QED) is 0.598. The highest BCUT2D eigenvalue weighted by molar-refractivity contribution is 6.38. The molecule has 0 aliphatic carbocycles. The number of carbonyl (C=O) groups is 2. The van der Waals surface area contributed by atoms with E-state index >= 15 is 0 Å². The van der Waals surface area contributed by atoms with Gasteiger partial charge in [0.25, 0.3) is 0 Å². The van der Waals surface area contributed by atoms with Gasteiger partial charge >= 0.3 is 12.1 Å². The number of halogens is 4. The molecular formula is C19H14ClF3N4O5. The number of carboxylic acid groups (broad SMARTS) is 1. The topological polar surface area (TPSA) is 128 Å². The van der Waals surface area contributed by atoms with Gasteiger partial charge in [0.15, 0.2) is 23.3 Å². The highest BCUT2D eigenvalue weighted by atomic mass is 35.5. The van der Waals surface area contributed by atoms with Crippen molar-refractivity contribution in [3.05, 3.63) is 56.6 Å². The number of nitrogens with zero attached hydrogens (tertiary/aromatic N) is 3. The van der Waals surface area contributed by atoms with E-state index in [2.05, 4.69) is 4.98 Å². The molecule has 13 heteroatoms. The lowest BCUT2D eigenvalue weighted by molar-refractivity contribution is 0.0695. The summed E-state index contributed by atoms with van der Waals surface area (Å²) < 4.78 is 48.6. The van der Waals surface area contributed by atoms with Crippen LogP contribution in [-0.4, -0.2) is 40.4 Å².